The van der Waals surface area contributed by atoms with E-state index in [4.69, 9.17) is 0 Å². The average Bonchev–Trinajstić information content (AvgIpc) is 2.49. The van der Waals surface area contributed by atoms with Gasteiger partial charge in [0.1, 0.15) is 12.2 Å². The maximum absolute atomic E-state index is 12.3. The first-order chi connectivity index (χ1) is 10.4. The number of aromatic nitrogens is 2. The number of carboxylic acid groups (broad SMARTS) is 1. The Labute approximate surface area is 126 Å². The summed E-state index contributed by atoms with van der Waals surface area (Å²) >= 11 is 0. The summed E-state index contributed by atoms with van der Waals surface area (Å²) in [4.78, 5) is 35.4. The van der Waals surface area contributed by atoms with Gasteiger partial charge in [-0.25, -0.2) is 4.68 Å². The second-order valence-electron chi connectivity index (χ2n) is 5.02. The summed E-state index contributed by atoms with van der Waals surface area (Å²) in [7, 11) is 0. The average molecular weight is 302 g/mol. The lowest BCUT2D eigenvalue weighted by molar-refractivity contribution is -0.255. The Balaban J connectivity index is 2.46. The number of carboxylic acids is 1. The van der Waals surface area contributed by atoms with Crippen LogP contribution < -0.4 is 16.0 Å². The van der Waals surface area contributed by atoms with Crippen LogP contribution in [-0.2, 0) is 11.3 Å². The molecule has 1 atom stereocenters. The molecule has 0 aliphatic rings. The third-order valence-corrected chi connectivity index (χ3v) is 3.37. The summed E-state index contributed by atoms with van der Waals surface area (Å²) in [5.41, 5.74) is -0.869. The van der Waals surface area contributed by atoms with Crippen molar-refractivity contribution >= 4 is 22.6 Å². The Hall–Kier alpha value is -2.70. The van der Waals surface area contributed by atoms with E-state index in [1.165, 1.54) is 12.1 Å². The van der Waals surface area contributed by atoms with Crippen LogP contribution in [0.5, 0.6) is 0 Å². The van der Waals surface area contributed by atoms with Gasteiger partial charge in [0.2, 0.25) is 5.91 Å². The Bertz CT molecular complexity index is 782. The van der Waals surface area contributed by atoms with Crippen molar-refractivity contribution in [1.29, 1.82) is 0 Å². The zero-order valence-corrected chi connectivity index (χ0v) is 12.3. The van der Waals surface area contributed by atoms with Gasteiger partial charge in [0.25, 0.3) is 5.56 Å². The number of carbonyl (C=O) groups excluding carboxylic acids is 2. The van der Waals surface area contributed by atoms with E-state index in [-0.39, 0.29) is 29.1 Å². The summed E-state index contributed by atoms with van der Waals surface area (Å²) < 4.78 is 0.852. The number of amides is 1. The van der Waals surface area contributed by atoms with Crippen LogP contribution in [-0.4, -0.2) is 27.7 Å². The standard InChI is InChI=1S/C15H17N3O4/c1-3-9(2)16-12(19)8-18-14(20)11-7-5-4-6-10(11)13(17-18)15(21)22/h4-7,9H,3,8H2,1-2H3,(H,16,19)(H,21,22)/p-1/t9-/m1/s1. The van der Waals surface area contributed by atoms with E-state index >= 15 is 0 Å². The lowest BCUT2D eigenvalue weighted by Gasteiger charge is -2.14. The van der Waals surface area contributed by atoms with Gasteiger partial charge in [0.15, 0.2) is 0 Å². The topological polar surface area (TPSA) is 104 Å². The molecular formula is C15H16N3O4-. The molecule has 0 saturated heterocycles. The van der Waals surface area contributed by atoms with E-state index in [0.717, 1.165) is 11.1 Å². The first kappa shape index (κ1) is 15.7. The highest BCUT2D eigenvalue weighted by atomic mass is 16.4. The number of aromatic carboxylic acids is 1. The lowest BCUT2D eigenvalue weighted by atomic mass is 10.1. The van der Waals surface area contributed by atoms with Gasteiger partial charge in [-0.15, -0.1) is 0 Å². The van der Waals surface area contributed by atoms with Crippen molar-refractivity contribution in [2.24, 2.45) is 0 Å². The number of hydrogen-bond donors (Lipinski definition) is 1. The zero-order valence-electron chi connectivity index (χ0n) is 12.3. The normalized spacial score (nSPS) is 12.1. The molecule has 0 saturated carbocycles. The highest BCUT2D eigenvalue weighted by molar-refractivity contribution is 6.00. The van der Waals surface area contributed by atoms with Crippen LogP contribution in [0.15, 0.2) is 29.1 Å². The highest BCUT2D eigenvalue weighted by Crippen LogP contribution is 2.12. The molecule has 1 aromatic heterocycles. The maximum Gasteiger partial charge on any atom is 0.275 e. The lowest BCUT2D eigenvalue weighted by Crippen LogP contribution is -2.39. The number of hydrogen-bond acceptors (Lipinski definition) is 5. The zero-order chi connectivity index (χ0) is 16.3. The molecule has 7 heteroatoms. The first-order valence-corrected chi connectivity index (χ1v) is 6.94. The van der Waals surface area contributed by atoms with Crippen LogP contribution in [0, 0.1) is 0 Å². The molecule has 22 heavy (non-hydrogen) atoms. The van der Waals surface area contributed by atoms with Crippen LogP contribution in [0.1, 0.15) is 30.8 Å². The van der Waals surface area contributed by atoms with Gasteiger partial charge in [0.05, 0.1) is 11.4 Å². The fraction of sp³-hybridized carbons (Fsp3) is 0.333. The fourth-order valence-corrected chi connectivity index (χ4v) is 2.05. The SMILES string of the molecule is CC[C@@H](C)NC(=O)Cn1nc(C(=O)[O-])c2ccccc2c1=O. The third kappa shape index (κ3) is 3.13. The maximum atomic E-state index is 12.3. The Kier molecular flexibility index (Phi) is 4.55. The van der Waals surface area contributed by atoms with Crippen molar-refractivity contribution in [2.75, 3.05) is 0 Å². The van der Waals surface area contributed by atoms with Crippen molar-refractivity contribution in [3.63, 3.8) is 0 Å². The number of nitrogens with one attached hydrogen (secondary N) is 1. The molecule has 116 valence electrons. The largest absolute Gasteiger partial charge is 0.543 e. The van der Waals surface area contributed by atoms with Crippen LogP contribution in [0.25, 0.3) is 10.8 Å². The van der Waals surface area contributed by atoms with Crippen LogP contribution in [0.2, 0.25) is 0 Å². The molecule has 1 N–H and O–H groups in total. The fourth-order valence-electron chi connectivity index (χ4n) is 2.05. The summed E-state index contributed by atoms with van der Waals surface area (Å²) in [6, 6.07) is 6.17. The van der Waals surface area contributed by atoms with E-state index < -0.39 is 17.4 Å². The first-order valence-electron chi connectivity index (χ1n) is 6.94. The van der Waals surface area contributed by atoms with E-state index in [0.29, 0.717) is 0 Å². The molecule has 0 bridgehead atoms. The second-order valence-corrected chi connectivity index (χ2v) is 5.02. The van der Waals surface area contributed by atoms with E-state index in [1.807, 2.05) is 13.8 Å². The molecule has 0 aliphatic carbocycles. The molecule has 2 aromatic rings. The Morgan fingerprint density at radius 2 is 1.95 bits per heavy atom. The van der Waals surface area contributed by atoms with Crippen LogP contribution >= 0.6 is 0 Å². The minimum atomic E-state index is -1.49. The highest BCUT2D eigenvalue weighted by Gasteiger charge is 2.14. The summed E-state index contributed by atoms with van der Waals surface area (Å²) in [5.74, 6) is -1.89. The van der Waals surface area contributed by atoms with E-state index in [9.17, 15) is 19.5 Å². The number of benzene rings is 1. The predicted octanol–water partition coefficient (Wildman–Crippen LogP) is -0.325. The molecule has 1 aromatic carbocycles. The van der Waals surface area contributed by atoms with Crippen molar-refractivity contribution in [3.8, 4) is 0 Å². The minimum absolute atomic E-state index is 0.0377. The van der Waals surface area contributed by atoms with E-state index in [2.05, 4.69) is 10.4 Å². The van der Waals surface area contributed by atoms with Gasteiger partial charge < -0.3 is 15.2 Å². The van der Waals surface area contributed by atoms with Gasteiger partial charge in [-0.2, -0.15) is 5.10 Å². The van der Waals surface area contributed by atoms with Crippen molar-refractivity contribution in [3.05, 3.63) is 40.3 Å². The molecular weight excluding hydrogens is 286 g/mol. The Morgan fingerprint density at radius 3 is 2.55 bits per heavy atom. The quantitative estimate of drug-likeness (QED) is 0.814. The summed E-state index contributed by atoms with van der Waals surface area (Å²) in [6.45, 7) is 3.41. The summed E-state index contributed by atoms with van der Waals surface area (Å²) in [6.07, 6.45) is 0.746. The van der Waals surface area contributed by atoms with Crippen molar-refractivity contribution in [2.45, 2.75) is 32.9 Å². The Morgan fingerprint density at radius 1 is 1.32 bits per heavy atom. The van der Waals surface area contributed by atoms with E-state index in [1.54, 1.807) is 12.1 Å². The third-order valence-electron chi connectivity index (χ3n) is 3.37. The molecule has 1 amide bonds. The molecule has 1 heterocycles. The molecule has 0 radical (unpaired) electrons. The van der Waals surface area contributed by atoms with Crippen molar-refractivity contribution < 1.29 is 14.7 Å². The predicted molar refractivity (Wildman–Crippen MR) is 78.2 cm³/mol. The molecule has 0 spiro atoms. The molecule has 7 nitrogen and oxygen atoms in total. The van der Waals surface area contributed by atoms with Gasteiger partial charge in [-0.1, -0.05) is 25.1 Å². The monoisotopic (exact) mass is 302 g/mol. The molecule has 0 fully saturated rings. The van der Waals surface area contributed by atoms with Gasteiger partial charge in [0, 0.05) is 11.4 Å². The number of nitrogens with zero attached hydrogens (tertiary/aromatic N) is 2. The van der Waals surface area contributed by atoms with Gasteiger partial charge in [-0.05, 0) is 19.4 Å². The van der Waals surface area contributed by atoms with Crippen LogP contribution in [0.3, 0.4) is 0 Å². The smallest absolute Gasteiger partial charge is 0.275 e. The number of rotatable bonds is 5. The number of fused-ring (bicyclic) bond motifs is 1. The molecule has 2 rings (SSSR count). The second kappa shape index (κ2) is 6.38. The molecule has 0 aliphatic heterocycles. The van der Waals surface area contributed by atoms with Gasteiger partial charge >= 0.3 is 0 Å². The number of carbonyl (C=O) groups is 2. The van der Waals surface area contributed by atoms with Crippen molar-refractivity contribution in [1.82, 2.24) is 15.1 Å². The molecule has 0 unspecified atom stereocenters. The van der Waals surface area contributed by atoms with Gasteiger partial charge in [-0.3, -0.25) is 9.59 Å². The van der Waals surface area contributed by atoms with Crippen LogP contribution in [0.4, 0.5) is 0 Å². The summed E-state index contributed by atoms with van der Waals surface area (Å²) in [5, 5.41) is 18.0. The minimum Gasteiger partial charge on any atom is -0.543 e.